The molecule has 7 nitrogen and oxygen atoms in total. The maximum atomic E-state index is 14.3. The number of ether oxygens (including phenoxy) is 1. The van der Waals surface area contributed by atoms with Crippen LogP contribution in [0.5, 0.6) is 0 Å². The second kappa shape index (κ2) is 9.31. The molecule has 1 amide bonds. The van der Waals surface area contributed by atoms with Gasteiger partial charge in [-0.2, -0.15) is 4.31 Å². The van der Waals surface area contributed by atoms with Crippen LogP contribution in [0.25, 0.3) is 0 Å². The molecule has 2 heterocycles. The Morgan fingerprint density at radius 2 is 2.03 bits per heavy atom. The number of rotatable bonds is 7. The summed E-state index contributed by atoms with van der Waals surface area (Å²) in [5, 5.41) is 4.68. The summed E-state index contributed by atoms with van der Waals surface area (Å²) >= 11 is 1.57. The number of halogens is 1. The lowest BCUT2D eigenvalue weighted by molar-refractivity contribution is 0.0730. The molecule has 1 N–H and O–H groups in total. The lowest BCUT2D eigenvalue weighted by Gasteiger charge is -2.26. The molecular formula is C19H24FN3O4S2. The largest absolute Gasteiger partial charge is 0.379 e. The molecule has 0 aliphatic carbocycles. The summed E-state index contributed by atoms with van der Waals surface area (Å²) < 4.78 is 46.4. The molecule has 0 saturated carbocycles. The van der Waals surface area contributed by atoms with Gasteiger partial charge in [-0.25, -0.2) is 12.8 Å². The number of carbonyl (C=O) groups excluding carboxylic acids is 1. The maximum absolute atomic E-state index is 14.3. The molecule has 0 radical (unpaired) electrons. The fraction of sp³-hybridized carbons (Fsp3) is 0.421. The Morgan fingerprint density at radius 1 is 1.31 bits per heavy atom. The number of nitrogens with zero attached hydrogens (tertiary/aromatic N) is 2. The molecule has 0 unspecified atom stereocenters. The second-order valence-electron chi connectivity index (χ2n) is 6.86. The van der Waals surface area contributed by atoms with Crippen LogP contribution in [0.1, 0.15) is 21.3 Å². The molecule has 1 aliphatic rings. The number of hydrogen-bond donors (Lipinski definition) is 1. The average Bonchev–Trinajstić information content (AvgIpc) is 3.23. The first-order valence-electron chi connectivity index (χ1n) is 9.16. The molecule has 158 valence electrons. The third kappa shape index (κ3) is 5.01. The minimum atomic E-state index is -3.81. The van der Waals surface area contributed by atoms with Crippen LogP contribution in [-0.2, 0) is 14.8 Å². The Labute approximate surface area is 174 Å². The summed E-state index contributed by atoms with van der Waals surface area (Å²) in [5.41, 5.74) is -0.289. The molecule has 10 heteroatoms. The van der Waals surface area contributed by atoms with Crippen LogP contribution in [-0.4, -0.2) is 70.5 Å². The van der Waals surface area contributed by atoms with Gasteiger partial charge in [-0.3, -0.25) is 4.79 Å². The quantitative estimate of drug-likeness (QED) is 0.711. The van der Waals surface area contributed by atoms with E-state index in [1.54, 1.807) is 11.3 Å². The number of hydrogen-bond acceptors (Lipinski definition) is 6. The highest BCUT2D eigenvalue weighted by Gasteiger charge is 2.28. The van der Waals surface area contributed by atoms with Gasteiger partial charge in [0, 0.05) is 24.5 Å². The molecule has 1 fully saturated rings. The highest BCUT2D eigenvalue weighted by atomic mass is 32.2. The fourth-order valence-corrected chi connectivity index (χ4v) is 5.44. The molecule has 1 aromatic carbocycles. The normalized spacial score (nSPS) is 16.7. The second-order valence-corrected chi connectivity index (χ2v) is 9.78. The number of morpholine rings is 1. The van der Waals surface area contributed by atoms with E-state index in [4.69, 9.17) is 4.74 Å². The number of likely N-dealkylation sites (N-methyl/N-ethyl adjacent to an activating group) is 1. The van der Waals surface area contributed by atoms with Gasteiger partial charge in [0.2, 0.25) is 10.0 Å². The number of sulfonamides is 1. The van der Waals surface area contributed by atoms with Crippen LogP contribution in [0.2, 0.25) is 0 Å². The summed E-state index contributed by atoms with van der Waals surface area (Å²) in [6, 6.07) is 7.14. The highest BCUT2D eigenvalue weighted by Crippen LogP contribution is 2.23. The molecule has 1 saturated heterocycles. The zero-order valence-corrected chi connectivity index (χ0v) is 17.9. The molecule has 2 aromatic rings. The lowest BCUT2D eigenvalue weighted by atomic mass is 10.1. The summed E-state index contributed by atoms with van der Waals surface area (Å²) in [4.78, 5) is 15.5. The van der Waals surface area contributed by atoms with Crippen molar-refractivity contribution < 1.29 is 22.3 Å². The number of carbonyl (C=O) groups is 1. The van der Waals surface area contributed by atoms with Gasteiger partial charge in [0.1, 0.15) is 5.82 Å². The minimum Gasteiger partial charge on any atom is -0.379 e. The predicted octanol–water partition coefficient (Wildman–Crippen LogP) is 1.94. The van der Waals surface area contributed by atoms with Crippen molar-refractivity contribution in [3.8, 4) is 0 Å². The number of benzene rings is 1. The number of amides is 1. The van der Waals surface area contributed by atoms with Crippen molar-refractivity contribution in [3.05, 3.63) is 52.0 Å². The molecule has 0 bridgehead atoms. The van der Waals surface area contributed by atoms with E-state index in [1.807, 2.05) is 36.5 Å². The Bertz CT molecular complexity index is 942. The lowest BCUT2D eigenvalue weighted by Crippen LogP contribution is -2.40. The summed E-state index contributed by atoms with van der Waals surface area (Å²) in [6.45, 7) is 1.34. The van der Waals surface area contributed by atoms with Crippen LogP contribution in [0.3, 0.4) is 0 Å². The maximum Gasteiger partial charge on any atom is 0.254 e. The van der Waals surface area contributed by atoms with E-state index in [-0.39, 0.29) is 36.1 Å². The number of nitrogens with one attached hydrogen (secondary N) is 1. The topological polar surface area (TPSA) is 79.0 Å². The first-order valence-corrected chi connectivity index (χ1v) is 11.5. The Balaban J connectivity index is 1.77. The van der Waals surface area contributed by atoms with Crippen LogP contribution < -0.4 is 5.32 Å². The molecule has 1 aliphatic heterocycles. The van der Waals surface area contributed by atoms with Crippen molar-refractivity contribution in [1.82, 2.24) is 14.5 Å². The van der Waals surface area contributed by atoms with Crippen LogP contribution in [0.15, 0.2) is 40.6 Å². The van der Waals surface area contributed by atoms with Crippen LogP contribution in [0, 0.1) is 5.82 Å². The summed E-state index contributed by atoms with van der Waals surface area (Å²) in [6.07, 6.45) is 0. The minimum absolute atomic E-state index is 0.0673. The molecule has 29 heavy (non-hydrogen) atoms. The van der Waals surface area contributed by atoms with Crippen molar-refractivity contribution >= 4 is 27.3 Å². The van der Waals surface area contributed by atoms with Gasteiger partial charge in [-0.05, 0) is 43.7 Å². The van der Waals surface area contributed by atoms with E-state index in [2.05, 4.69) is 5.32 Å². The van der Waals surface area contributed by atoms with E-state index in [1.165, 1.54) is 10.4 Å². The fourth-order valence-electron chi connectivity index (χ4n) is 3.08. The Kier molecular flexibility index (Phi) is 7.01. The van der Waals surface area contributed by atoms with Crippen molar-refractivity contribution in [2.24, 2.45) is 0 Å². The van der Waals surface area contributed by atoms with Crippen LogP contribution in [0.4, 0.5) is 4.39 Å². The monoisotopic (exact) mass is 441 g/mol. The molecule has 1 atom stereocenters. The number of thiophene rings is 1. The summed E-state index contributed by atoms with van der Waals surface area (Å²) in [7, 11) is -0.0239. The van der Waals surface area contributed by atoms with E-state index in [0.29, 0.717) is 13.2 Å². The zero-order valence-electron chi connectivity index (χ0n) is 16.3. The molecule has 0 spiro atoms. The standard InChI is InChI=1S/C19H24FN3O4S2/c1-22(2)17(18-4-3-11-28-18)13-21-19(24)15-12-14(5-6-16(15)20)29(25,26)23-7-9-27-10-8-23/h3-6,11-12,17H,7-10,13H2,1-2H3,(H,21,24)/t17-/m0/s1. The third-order valence-corrected chi connectivity index (χ3v) is 7.61. The van der Waals surface area contributed by atoms with Crippen LogP contribution >= 0.6 is 11.3 Å². The van der Waals surface area contributed by atoms with Gasteiger partial charge >= 0.3 is 0 Å². The van der Waals surface area contributed by atoms with Gasteiger partial charge in [0.25, 0.3) is 5.91 Å². The van der Waals surface area contributed by atoms with E-state index in [0.717, 1.165) is 17.0 Å². The Morgan fingerprint density at radius 3 is 2.66 bits per heavy atom. The molecule has 1 aromatic heterocycles. The smallest absolute Gasteiger partial charge is 0.254 e. The molecule has 3 rings (SSSR count). The van der Waals surface area contributed by atoms with Gasteiger partial charge < -0.3 is 15.0 Å². The summed E-state index contributed by atoms with van der Waals surface area (Å²) in [5.74, 6) is -1.41. The van der Waals surface area contributed by atoms with Crippen molar-refractivity contribution in [2.75, 3.05) is 46.9 Å². The zero-order chi connectivity index (χ0) is 21.0. The van der Waals surface area contributed by atoms with Gasteiger partial charge in [-0.15, -0.1) is 11.3 Å². The Hall–Kier alpha value is -1.85. The van der Waals surface area contributed by atoms with Gasteiger partial charge in [-0.1, -0.05) is 6.07 Å². The van der Waals surface area contributed by atoms with Gasteiger partial charge in [0.05, 0.1) is 29.7 Å². The SMILES string of the molecule is CN(C)[C@@H](CNC(=O)c1cc(S(=O)(=O)N2CCOCC2)ccc1F)c1cccs1. The van der Waals surface area contributed by atoms with Crippen molar-refractivity contribution in [1.29, 1.82) is 0 Å². The van der Waals surface area contributed by atoms with E-state index >= 15 is 0 Å². The first-order chi connectivity index (χ1) is 13.8. The third-order valence-electron chi connectivity index (χ3n) is 4.74. The molecular weight excluding hydrogens is 417 g/mol. The van der Waals surface area contributed by atoms with Gasteiger partial charge in [0.15, 0.2) is 0 Å². The van der Waals surface area contributed by atoms with Crippen molar-refractivity contribution in [2.45, 2.75) is 10.9 Å². The first kappa shape index (κ1) is 21.8. The highest BCUT2D eigenvalue weighted by molar-refractivity contribution is 7.89. The van der Waals surface area contributed by atoms with Crippen molar-refractivity contribution in [3.63, 3.8) is 0 Å². The van der Waals surface area contributed by atoms with E-state index < -0.39 is 21.7 Å². The predicted molar refractivity (Wildman–Crippen MR) is 109 cm³/mol. The van der Waals surface area contributed by atoms with E-state index in [9.17, 15) is 17.6 Å². The average molecular weight is 442 g/mol.